The Labute approximate surface area is 200 Å². The van der Waals surface area contributed by atoms with Crippen molar-refractivity contribution in [2.45, 2.75) is 119 Å². The average molecular weight is 443 g/mol. The fourth-order valence-electron chi connectivity index (χ4n) is 10.1. The second-order valence-corrected chi connectivity index (χ2v) is 13.6. The Hall–Kier alpha value is -0.300. The Balaban J connectivity index is 1.44. The molecule has 4 saturated carbocycles. The molecule has 0 aromatic carbocycles. The Morgan fingerprint density at radius 3 is 2.34 bits per heavy atom. The van der Waals surface area contributed by atoms with Crippen LogP contribution in [0.15, 0.2) is 11.6 Å². The first-order chi connectivity index (χ1) is 15.2. The van der Waals surface area contributed by atoms with Gasteiger partial charge in [-0.05, 0) is 142 Å². The average Bonchev–Trinajstić information content (AvgIpc) is 3.11. The number of aliphatic hydroxyl groups excluding tert-OH is 1. The summed E-state index contributed by atoms with van der Waals surface area (Å²) in [6.45, 7) is 15.4. The minimum atomic E-state index is 0.396. The molecule has 1 N–H and O–H groups in total. The molecule has 0 radical (unpaired) electrons. The summed E-state index contributed by atoms with van der Waals surface area (Å²) in [4.78, 5) is 0. The quantitative estimate of drug-likeness (QED) is 0.391. The van der Waals surface area contributed by atoms with Crippen molar-refractivity contribution in [1.29, 1.82) is 0 Å². The van der Waals surface area contributed by atoms with Gasteiger partial charge in [-0.2, -0.15) is 0 Å². The molecule has 6 unspecified atom stereocenters. The smallest absolute Gasteiger partial charge is 0.0433 e. The number of fused-ring (bicyclic) bond motifs is 5. The lowest BCUT2D eigenvalue weighted by atomic mass is 9.44. The molecule has 4 fully saturated rings. The van der Waals surface area contributed by atoms with Gasteiger partial charge in [0.2, 0.25) is 0 Å². The van der Waals surface area contributed by atoms with Gasteiger partial charge < -0.3 is 5.11 Å². The lowest BCUT2D eigenvalue weighted by Gasteiger charge is -2.61. The molecule has 184 valence electrons. The Bertz CT molecular complexity index is 663. The third-order valence-corrected chi connectivity index (χ3v) is 12.1. The van der Waals surface area contributed by atoms with Crippen molar-refractivity contribution in [1.82, 2.24) is 0 Å². The van der Waals surface area contributed by atoms with Gasteiger partial charge in [0, 0.05) is 6.61 Å². The fourth-order valence-corrected chi connectivity index (χ4v) is 10.1. The first kappa shape index (κ1) is 24.8. The molecule has 0 bridgehead atoms. The van der Waals surface area contributed by atoms with Crippen molar-refractivity contribution in [3.05, 3.63) is 11.6 Å². The van der Waals surface area contributed by atoms with Crippen LogP contribution in [0.25, 0.3) is 0 Å². The fraction of sp³-hybridized carbons (Fsp3) is 0.935. The minimum absolute atomic E-state index is 0.396. The summed E-state index contributed by atoms with van der Waals surface area (Å²) in [7, 11) is 0. The Morgan fingerprint density at radius 2 is 1.66 bits per heavy atom. The number of hydrogen-bond donors (Lipinski definition) is 1. The van der Waals surface area contributed by atoms with Gasteiger partial charge in [0.25, 0.3) is 0 Å². The summed E-state index contributed by atoms with van der Waals surface area (Å²) < 4.78 is 0. The van der Waals surface area contributed by atoms with E-state index in [1.807, 2.05) is 0 Å². The van der Waals surface area contributed by atoms with E-state index in [9.17, 15) is 5.11 Å². The first-order valence-electron chi connectivity index (χ1n) is 14.5. The molecule has 0 heterocycles. The molecule has 4 rings (SSSR count). The summed E-state index contributed by atoms with van der Waals surface area (Å²) in [5, 5.41) is 9.47. The highest BCUT2D eigenvalue weighted by Gasteiger charge is 2.60. The maximum Gasteiger partial charge on any atom is 0.0433 e. The van der Waals surface area contributed by atoms with Crippen LogP contribution in [-0.4, -0.2) is 11.7 Å². The topological polar surface area (TPSA) is 20.2 Å². The SMILES string of the molecule is C/C=C(/CC[C@@H](C)C1CCC2C3CCC4C[C@@H](CCO)CC[C@]4(C)C3CCC21C)C(C)C. The molecule has 1 nitrogen and oxygen atoms in total. The summed E-state index contributed by atoms with van der Waals surface area (Å²) in [5.74, 6) is 7.24. The number of rotatable bonds is 7. The Kier molecular flexibility index (Phi) is 7.56. The maximum absolute atomic E-state index is 9.47. The second-order valence-electron chi connectivity index (χ2n) is 13.6. The van der Waals surface area contributed by atoms with E-state index in [0.29, 0.717) is 23.4 Å². The highest BCUT2D eigenvalue weighted by atomic mass is 16.3. The van der Waals surface area contributed by atoms with Crippen molar-refractivity contribution in [2.75, 3.05) is 6.61 Å². The zero-order valence-corrected chi connectivity index (χ0v) is 22.3. The molecule has 0 amide bonds. The van der Waals surface area contributed by atoms with E-state index in [1.54, 1.807) is 5.57 Å². The zero-order valence-electron chi connectivity index (χ0n) is 22.3. The van der Waals surface area contributed by atoms with Gasteiger partial charge in [-0.25, -0.2) is 0 Å². The normalized spacial score (nSPS) is 45.3. The molecule has 32 heavy (non-hydrogen) atoms. The van der Waals surface area contributed by atoms with E-state index in [0.717, 1.165) is 47.8 Å². The van der Waals surface area contributed by atoms with Crippen LogP contribution in [0.4, 0.5) is 0 Å². The van der Waals surface area contributed by atoms with Gasteiger partial charge in [0.1, 0.15) is 0 Å². The summed E-state index contributed by atoms with van der Waals surface area (Å²) in [5.41, 5.74) is 2.87. The molecule has 4 aliphatic rings. The predicted octanol–water partition coefficient (Wildman–Crippen LogP) is 8.66. The van der Waals surface area contributed by atoms with E-state index >= 15 is 0 Å². The molecule has 0 spiro atoms. The first-order valence-corrected chi connectivity index (χ1v) is 14.5. The monoisotopic (exact) mass is 442 g/mol. The zero-order chi connectivity index (χ0) is 23.1. The van der Waals surface area contributed by atoms with Crippen LogP contribution in [0, 0.1) is 58.2 Å². The molecule has 0 saturated heterocycles. The number of allylic oxidation sites excluding steroid dienone is 2. The van der Waals surface area contributed by atoms with Gasteiger partial charge in [0.15, 0.2) is 0 Å². The highest BCUT2D eigenvalue weighted by Crippen LogP contribution is 2.68. The van der Waals surface area contributed by atoms with Crippen molar-refractivity contribution < 1.29 is 5.11 Å². The predicted molar refractivity (Wildman–Crippen MR) is 137 cm³/mol. The van der Waals surface area contributed by atoms with Crippen molar-refractivity contribution >= 4 is 0 Å². The van der Waals surface area contributed by atoms with Crippen LogP contribution in [0.1, 0.15) is 119 Å². The standard InChI is InChI=1S/C31H54O/c1-7-24(21(2)3)9-8-22(4)27-12-13-28-26-11-10-25-20-23(16-19-32)14-17-30(25,5)29(26)15-18-31(27,28)6/h7,21-23,25-29,32H,8-20H2,1-6H3/b24-7-/t22-,23-,25?,26?,27?,28?,29?,30+,31?/m1/s1. The van der Waals surface area contributed by atoms with Crippen molar-refractivity contribution in [3.63, 3.8) is 0 Å². The number of aliphatic hydroxyl groups is 1. The molecular weight excluding hydrogens is 388 g/mol. The largest absolute Gasteiger partial charge is 0.396 e. The van der Waals surface area contributed by atoms with Crippen molar-refractivity contribution in [2.24, 2.45) is 58.2 Å². The second kappa shape index (κ2) is 9.75. The molecule has 4 aliphatic carbocycles. The molecule has 0 aliphatic heterocycles. The van der Waals surface area contributed by atoms with E-state index in [1.165, 1.54) is 70.6 Å². The third kappa shape index (κ3) is 4.27. The van der Waals surface area contributed by atoms with Crippen LogP contribution in [0.5, 0.6) is 0 Å². The van der Waals surface area contributed by atoms with Crippen molar-refractivity contribution in [3.8, 4) is 0 Å². The van der Waals surface area contributed by atoms with Crippen LogP contribution < -0.4 is 0 Å². The Morgan fingerprint density at radius 1 is 0.938 bits per heavy atom. The van der Waals surface area contributed by atoms with Crippen LogP contribution in [0.3, 0.4) is 0 Å². The minimum Gasteiger partial charge on any atom is -0.396 e. The van der Waals surface area contributed by atoms with Gasteiger partial charge in [-0.3, -0.25) is 0 Å². The van der Waals surface area contributed by atoms with Gasteiger partial charge >= 0.3 is 0 Å². The van der Waals surface area contributed by atoms with E-state index in [-0.39, 0.29) is 0 Å². The van der Waals surface area contributed by atoms with E-state index in [4.69, 9.17) is 0 Å². The maximum atomic E-state index is 9.47. The molecule has 0 aromatic heterocycles. The lowest BCUT2D eigenvalue weighted by molar-refractivity contribution is -0.122. The molecule has 0 aromatic rings. The van der Waals surface area contributed by atoms with Gasteiger partial charge in [-0.15, -0.1) is 0 Å². The summed E-state index contributed by atoms with van der Waals surface area (Å²) in [6.07, 6.45) is 19.4. The van der Waals surface area contributed by atoms with Gasteiger partial charge in [0.05, 0.1) is 0 Å². The number of hydrogen-bond acceptors (Lipinski definition) is 1. The summed E-state index contributed by atoms with van der Waals surface area (Å²) >= 11 is 0. The summed E-state index contributed by atoms with van der Waals surface area (Å²) in [6, 6.07) is 0. The van der Waals surface area contributed by atoms with Crippen LogP contribution in [0.2, 0.25) is 0 Å². The van der Waals surface area contributed by atoms with Crippen LogP contribution >= 0.6 is 0 Å². The molecule has 9 atom stereocenters. The third-order valence-electron chi connectivity index (χ3n) is 12.1. The van der Waals surface area contributed by atoms with E-state index in [2.05, 4.69) is 47.6 Å². The molecular formula is C31H54O. The van der Waals surface area contributed by atoms with Gasteiger partial charge in [-0.1, -0.05) is 46.3 Å². The van der Waals surface area contributed by atoms with E-state index < -0.39 is 0 Å². The molecule has 1 heteroatoms. The lowest BCUT2D eigenvalue weighted by Crippen LogP contribution is -2.53. The highest BCUT2D eigenvalue weighted by molar-refractivity contribution is 5.10. The van der Waals surface area contributed by atoms with Crippen LogP contribution in [-0.2, 0) is 0 Å².